The van der Waals surface area contributed by atoms with Crippen molar-refractivity contribution in [2.45, 2.75) is 58.9 Å². The smallest absolute Gasteiger partial charge is 0.193 e. The summed E-state index contributed by atoms with van der Waals surface area (Å²) < 4.78 is 6.88. The molecule has 0 N–H and O–H groups in total. The van der Waals surface area contributed by atoms with E-state index in [0.717, 1.165) is 17.4 Å². The molecule has 3 heteroatoms. The molecule has 0 radical (unpaired) electrons. The Morgan fingerprint density at radius 2 is 1.15 bits per heavy atom. The Bertz CT molecular complexity index is 1330. The topological polar surface area (TPSA) is 26.3 Å². The molecule has 0 saturated carbocycles. The Balaban J connectivity index is 0.000000279. The summed E-state index contributed by atoms with van der Waals surface area (Å²) in [7, 11) is -1.68. The summed E-state index contributed by atoms with van der Waals surface area (Å²) in [6, 6.07) is 43.7. The third kappa shape index (κ3) is 12.0. The highest BCUT2D eigenvalue weighted by Gasteiger charge is 2.33. The third-order valence-corrected chi connectivity index (χ3v) is 11.6. The van der Waals surface area contributed by atoms with Gasteiger partial charge in [-0.2, -0.15) is 0 Å². The minimum atomic E-state index is -1.68. The Morgan fingerprint density at radius 1 is 0.707 bits per heavy atom. The molecule has 4 aromatic carbocycles. The molecule has 4 rings (SSSR count). The minimum absolute atomic E-state index is 0.0536. The van der Waals surface area contributed by atoms with Crippen LogP contribution in [-0.4, -0.2) is 14.6 Å². The first-order valence-electron chi connectivity index (χ1n) is 14.4. The molecule has 0 aromatic heterocycles. The molecule has 0 spiro atoms. The molecule has 41 heavy (non-hydrogen) atoms. The highest BCUT2D eigenvalue weighted by atomic mass is 28.4. The van der Waals surface area contributed by atoms with Crippen LogP contribution in [-0.2, 0) is 4.43 Å². The van der Waals surface area contributed by atoms with Crippen molar-refractivity contribution in [2.75, 3.05) is 0 Å². The lowest BCUT2D eigenvalue weighted by Crippen LogP contribution is -2.37. The van der Waals surface area contributed by atoms with Crippen molar-refractivity contribution in [3.8, 4) is 11.8 Å². The Kier molecular flexibility index (Phi) is 15.5. The van der Waals surface area contributed by atoms with Crippen LogP contribution in [0.15, 0.2) is 127 Å². The second kappa shape index (κ2) is 19.2. The quantitative estimate of drug-likeness (QED) is 0.116. The fourth-order valence-corrected chi connectivity index (χ4v) is 7.21. The van der Waals surface area contributed by atoms with E-state index < -0.39 is 8.32 Å². The highest BCUT2D eigenvalue weighted by molar-refractivity contribution is 6.73. The third-order valence-electron chi connectivity index (χ3n) is 6.99. The lowest BCUT2D eigenvalue weighted by Gasteiger charge is -2.34. The molecule has 0 amide bonds. The van der Waals surface area contributed by atoms with Gasteiger partial charge >= 0.3 is 0 Å². The van der Waals surface area contributed by atoms with Crippen molar-refractivity contribution in [1.82, 2.24) is 0 Å². The number of benzene rings is 4. The van der Waals surface area contributed by atoms with E-state index >= 15 is 0 Å². The van der Waals surface area contributed by atoms with Crippen molar-refractivity contribution in [3.05, 3.63) is 149 Å². The first kappa shape index (κ1) is 33.2. The van der Waals surface area contributed by atoms with Gasteiger partial charge in [-0.05, 0) is 60.8 Å². The molecule has 4 aromatic rings. The van der Waals surface area contributed by atoms with Crippen LogP contribution < -0.4 is 0 Å². The van der Waals surface area contributed by atoms with Crippen LogP contribution >= 0.6 is 0 Å². The fraction of sp³-hybridized carbons (Fsp3) is 0.237. The van der Waals surface area contributed by atoms with Crippen molar-refractivity contribution in [3.63, 3.8) is 0 Å². The number of hydrogen-bond donors (Lipinski definition) is 0. The van der Waals surface area contributed by atoms with Crippen molar-refractivity contribution < 1.29 is 9.22 Å². The molecule has 0 heterocycles. The monoisotopic (exact) mass is 560 g/mol. The molecule has 0 bridgehead atoms. The number of carbonyl (C=O) groups excluding carboxylic acids is 1. The summed E-state index contributed by atoms with van der Waals surface area (Å²) in [5.74, 6) is 5.79. The van der Waals surface area contributed by atoms with Crippen LogP contribution in [0.4, 0.5) is 0 Å². The molecular weight excluding hydrogens is 517 g/mol. The van der Waals surface area contributed by atoms with Gasteiger partial charge in [-0.15, -0.1) is 5.92 Å². The molecule has 212 valence electrons. The number of hydrogen-bond acceptors (Lipinski definition) is 2. The normalized spacial score (nSPS) is 11.4. The second-order valence-electron chi connectivity index (χ2n) is 9.72. The maximum atomic E-state index is 10.0. The van der Waals surface area contributed by atoms with Gasteiger partial charge in [0.15, 0.2) is 8.32 Å². The first-order chi connectivity index (χ1) is 20.0. The first-order valence-corrected chi connectivity index (χ1v) is 17.0. The maximum absolute atomic E-state index is 10.0. The molecule has 0 aliphatic rings. The average Bonchev–Trinajstić information content (AvgIpc) is 3.04. The molecule has 0 aliphatic carbocycles. The summed E-state index contributed by atoms with van der Waals surface area (Å²) >= 11 is 0. The van der Waals surface area contributed by atoms with E-state index in [0.29, 0.717) is 0 Å². The predicted molar refractivity (Wildman–Crippen MR) is 178 cm³/mol. The molecule has 2 nitrogen and oxygen atoms in total. The van der Waals surface area contributed by atoms with Gasteiger partial charge in [0.05, 0.1) is 6.10 Å². The summed E-state index contributed by atoms with van der Waals surface area (Å²) in [6.07, 6.45) is 3.15. The Labute approximate surface area is 249 Å². The van der Waals surface area contributed by atoms with E-state index in [4.69, 9.17) is 4.43 Å². The summed E-state index contributed by atoms with van der Waals surface area (Å²) in [6.45, 7) is 10.9. The SMILES string of the molecule is CC#Cc1ccccc1.CC[Si](CC)(CC)O[C@H](/C(C)=C/c1ccccc1)c1ccccc1.O=Cc1ccccc1. The maximum Gasteiger partial charge on any atom is 0.193 e. The summed E-state index contributed by atoms with van der Waals surface area (Å²) in [5, 5.41) is 0. The van der Waals surface area contributed by atoms with Gasteiger partial charge in [0.1, 0.15) is 6.29 Å². The van der Waals surface area contributed by atoms with Crippen molar-refractivity contribution in [2.24, 2.45) is 0 Å². The summed E-state index contributed by atoms with van der Waals surface area (Å²) in [4.78, 5) is 10.0. The largest absolute Gasteiger partial charge is 0.406 e. The van der Waals surface area contributed by atoms with Gasteiger partial charge in [-0.25, -0.2) is 0 Å². The molecule has 0 saturated heterocycles. The van der Waals surface area contributed by atoms with Gasteiger partial charge < -0.3 is 4.43 Å². The van der Waals surface area contributed by atoms with Crippen LogP contribution in [0.25, 0.3) is 6.08 Å². The van der Waals surface area contributed by atoms with Gasteiger partial charge in [0.25, 0.3) is 0 Å². The van der Waals surface area contributed by atoms with Crippen molar-refractivity contribution >= 4 is 20.7 Å². The molecule has 0 unspecified atom stereocenters. The number of rotatable bonds is 9. The van der Waals surface area contributed by atoms with Crippen LogP contribution in [0.3, 0.4) is 0 Å². The van der Waals surface area contributed by atoms with E-state index in [2.05, 4.69) is 106 Å². The van der Waals surface area contributed by atoms with Gasteiger partial charge in [-0.1, -0.05) is 142 Å². The minimum Gasteiger partial charge on any atom is -0.406 e. The van der Waals surface area contributed by atoms with E-state index in [-0.39, 0.29) is 6.10 Å². The van der Waals surface area contributed by atoms with E-state index in [1.54, 1.807) is 12.1 Å². The van der Waals surface area contributed by atoms with Crippen LogP contribution in [0.5, 0.6) is 0 Å². The van der Waals surface area contributed by atoms with E-state index in [1.165, 1.54) is 34.8 Å². The number of carbonyl (C=O) groups is 1. The predicted octanol–water partition coefficient (Wildman–Crippen LogP) is 10.4. The Hall–Kier alpha value is -3.97. The second-order valence-corrected chi connectivity index (χ2v) is 14.4. The zero-order chi connectivity index (χ0) is 29.8. The van der Waals surface area contributed by atoms with E-state index in [1.807, 2.05) is 55.5 Å². The lowest BCUT2D eigenvalue weighted by atomic mass is 10.0. The van der Waals surface area contributed by atoms with E-state index in [9.17, 15) is 4.79 Å². The fourth-order valence-electron chi connectivity index (χ4n) is 4.39. The van der Waals surface area contributed by atoms with Gasteiger partial charge in [0.2, 0.25) is 0 Å². The van der Waals surface area contributed by atoms with Crippen LogP contribution in [0.1, 0.15) is 67.8 Å². The lowest BCUT2D eigenvalue weighted by molar-refractivity contribution is 0.112. The average molecular weight is 561 g/mol. The van der Waals surface area contributed by atoms with Crippen LogP contribution in [0.2, 0.25) is 18.1 Å². The zero-order valence-electron chi connectivity index (χ0n) is 25.2. The molecule has 0 aliphatic heterocycles. The number of aldehydes is 1. The highest BCUT2D eigenvalue weighted by Crippen LogP contribution is 2.34. The molecule has 0 fully saturated rings. The molecule has 1 atom stereocenters. The zero-order valence-corrected chi connectivity index (χ0v) is 26.2. The standard InChI is InChI=1S/C22H30OSi.C9H8.C7H6O/c1-5-24(6-2,7-3)23-22(21-16-12-9-13-17-21)19(4)18-20-14-10-8-11-15-20;1-2-6-9-7-4-3-5-8-9;8-6-7-4-2-1-3-5-7/h8-18,22H,5-7H2,1-4H3;3-5,7-8H,1H3;1-6H/b19-18+;;/t22-;;/m1../s1. The van der Waals surface area contributed by atoms with Crippen LogP contribution in [0, 0.1) is 11.8 Å². The van der Waals surface area contributed by atoms with Crippen molar-refractivity contribution in [1.29, 1.82) is 0 Å². The van der Waals surface area contributed by atoms with Gasteiger partial charge in [0, 0.05) is 11.1 Å². The van der Waals surface area contributed by atoms with Gasteiger partial charge in [-0.3, -0.25) is 4.79 Å². The Morgan fingerprint density at radius 3 is 1.56 bits per heavy atom. The summed E-state index contributed by atoms with van der Waals surface area (Å²) in [5.41, 5.74) is 5.58. The molecular formula is C38H44O2Si.